The fourth-order valence-corrected chi connectivity index (χ4v) is 3.90. The molecule has 2 aliphatic rings. The molecule has 1 amide bonds. The fourth-order valence-electron chi connectivity index (χ4n) is 3.90. The van der Waals surface area contributed by atoms with Gasteiger partial charge in [-0.1, -0.05) is 12.1 Å². The number of ether oxygens (including phenoxy) is 1. The number of hydrogen-bond acceptors (Lipinski definition) is 4. The number of carbonyl (C=O) groups is 1. The van der Waals surface area contributed by atoms with Crippen molar-refractivity contribution in [3.8, 4) is 11.3 Å². The van der Waals surface area contributed by atoms with Gasteiger partial charge in [-0.15, -0.1) is 0 Å². The second-order valence-corrected chi connectivity index (χ2v) is 7.34. The van der Waals surface area contributed by atoms with E-state index in [-0.39, 0.29) is 11.8 Å². The van der Waals surface area contributed by atoms with Crippen molar-refractivity contribution in [2.24, 2.45) is 11.8 Å². The molecule has 0 spiro atoms. The van der Waals surface area contributed by atoms with Gasteiger partial charge in [0, 0.05) is 36.5 Å². The molecule has 1 aromatic carbocycles. The molecule has 2 fully saturated rings. The molecule has 0 bridgehead atoms. The van der Waals surface area contributed by atoms with Gasteiger partial charge in [0.1, 0.15) is 0 Å². The summed E-state index contributed by atoms with van der Waals surface area (Å²) in [5, 5.41) is 10.0. The lowest BCUT2D eigenvalue weighted by Crippen LogP contribution is -2.40. The average molecular weight is 354 g/mol. The fraction of sp³-hybridized carbons (Fsp3) is 0.500. The summed E-state index contributed by atoms with van der Waals surface area (Å²) < 4.78 is 5.46. The van der Waals surface area contributed by atoms with Crippen LogP contribution in [0.4, 0.5) is 5.69 Å². The van der Waals surface area contributed by atoms with Gasteiger partial charge in [0.2, 0.25) is 5.91 Å². The molecule has 3 heterocycles. The molecule has 2 aromatic rings. The minimum Gasteiger partial charge on any atom is -0.381 e. The molecule has 2 aliphatic heterocycles. The van der Waals surface area contributed by atoms with Crippen LogP contribution < -0.4 is 5.32 Å². The van der Waals surface area contributed by atoms with Gasteiger partial charge in [0.15, 0.2) is 0 Å². The van der Waals surface area contributed by atoms with Crippen LogP contribution >= 0.6 is 0 Å². The number of benzene rings is 1. The standard InChI is InChI=1S/C20H26N4O2/c25-20(16-5-9-24(10-6-16)13-15-7-11-26-14-15)22-18-3-1-2-17(12-18)19-4-8-21-23-19/h1-4,8,12,15-16H,5-7,9-11,13-14H2,(H,21,23)(H,22,25)/t15-/m1/s1. The Labute approximate surface area is 153 Å². The predicted octanol–water partition coefficient (Wildman–Crippen LogP) is 2.76. The van der Waals surface area contributed by atoms with Crippen molar-refractivity contribution in [3.63, 3.8) is 0 Å². The molecular formula is C20H26N4O2. The molecule has 1 atom stereocenters. The van der Waals surface area contributed by atoms with Crippen LogP contribution in [-0.2, 0) is 9.53 Å². The minimum absolute atomic E-state index is 0.0990. The first kappa shape index (κ1) is 17.2. The third kappa shape index (κ3) is 4.14. The van der Waals surface area contributed by atoms with E-state index >= 15 is 0 Å². The number of aromatic nitrogens is 2. The number of piperidine rings is 1. The topological polar surface area (TPSA) is 70.2 Å². The minimum atomic E-state index is 0.0990. The zero-order valence-electron chi connectivity index (χ0n) is 15.0. The molecule has 0 unspecified atom stereocenters. The highest BCUT2D eigenvalue weighted by molar-refractivity contribution is 5.93. The van der Waals surface area contributed by atoms with E-state index in [2.05, 4.69) is 20.4 Å². The number of aromatic amines is 1. The number of anilines is 1. The van der Waals surface area contributed by atoms with E-state index in [1.165, 1.54) is 6.42 Å². The number of rotatable bonds is 5. The normalized spacial score (nSPS) is 21.8. The van der Waals surface area contributed by atoms with E-state index in [1.54, 1.807) is 6.20 Å². The molecule has 2 N–H and O–H groups in total. The maximum absolute atomic E-state index is 12.6. The van der Waals surface area contributed by atoms with Crippen LogP contribution in [0.1, 0.15) is 19.3 Å². The summed E-state index contributed by atoms with van der Waals surface area (Å²) in [7, 11) is 0. The highest BCUT2D eigenvalue weighted by Gasteiger charge is 2.27. The summed E-state index contributed by atoms with van der Waals surface area (Å²) >= 11 is 0. The Bertz CT molecular complexity index is 717. The highest BCUT2D eigenvalue weighted by atomic mass is 16.5. The molecule has 6 nitrogen and oxygen atoms in total. The summed E-state index contributed by atoms with van der Waals surface area (Å²) in [4.78, 5) is 15.1. The van der Waals surface area contributed by atoms with E-state index in [0.717, 1.165) is 62.6 Å². The van der Waals surface area contributed by atoms with Crippen molar-refractivity contribution < 1.29 is 9.53 Å². The van der Waals surface area contributed by atoms with Crippen LogP contribution in [0.3, 0.4) is 0 Å². The van der Waals surface area contributed by atoms with E-state index < -0.39 is 0 Å². The number of H-pyrrole nitrogens is 1. The Balaban J connectivity index is 1.29. The first-order valence-electron chi connectivity index (χ1n) is 9.49. The first-order valence-corrected chi connectivity index (χ1v) is 9.49. The largest absolute Gasteiger partial charge is 0.381 e. The van der Waals surface area contributed by atoms with Crippen molar-refractivity contribution in [2.75, 3.05) is 38.2 Å². The summed E-state index contributed by atoms with van der Waals surface area (Å²) in [6.07, 6.45) is 4.76. The van der Waals surface area contributed by atoms with Gasteiger partial charge < -0.3 is 15.0 Å². The van der Waals surface area contributed by atoms with Crippen LogP contribution in [0.15, 0.2) is 36.5 Å². The quantitative estimate of drug-likeness (QED) is 0.866. The van der Waals surface area contributed by atoms with Crippen molar-refractivity contribution in [1.82, 2.24) is 15.1 Å². The number of likely N-dealkylation sites (tertiary alicyclic amines) is 1. The number of nitrogens with zero attached hydrogens (tertiary/aromatic N) is 2. The summed E-state index contributed by atoms with van der Waals surface area (Å²) in [5.41, 5.74) is 2.81. The highest BCUT2D eigenvalue weighted by Crippen LogP contribution is 2.24. The number of amides is 1. The lowest BCUT2D eigenvalue weighted by atomic mass is 9.94. The lowest BCUT2D eigenvalue weighted by Gasteiger charge is -2.32. The molecule has 4 rings (SSSR count). The van der Waals surface area contributed by atoms with Gasteiger partial charge in [-0.2, -0.15) is 5.10 Å². The van der Waals surface area contributed by atoms with Gasteiger partial charge >= 0.3 is 0 Å². The van der Waals surface area contributed by atoms with E-state index in [1.807, 2.05) is 30.3 Å². The zero-order valence-corrected chi connectivity index (χ0v) is 15.0. The summed E-state index contributed by atoms with van der Waals surface area (Å²) in [6, 6.07) is 9.81. The smallest absolute Gasteiger partial charge is 0.227 e. The second-order valence-electron chi connectivity index (χ2n) is 7.34. The Hall–Kier alpha value is -2.18. The molecule has 138 valence electrons. The van der Waals surface area contributed by atoms with E-state index in [4.69, 9.17) is 4.74 Å². The Morgan fingerprint density at radius 3 is 2.88 bits per heavy atom. The third-order valence-electron chi connectivity index (χ3n) is 5.44. The third-order valence-corrected chi connectivity index (χ3v) is 5.44. The van der Waals surface area contributed by atoms with Crippen molar-refractivity contribution in [3.05, 3.63) is 36.5 Å². The molecule has 0 saturated carbocycles. The Morgan fingerprint density at radius 1 is 1.27 bits per heavy atom. The Morgan fingerprint density at radius 2 is 2.15 bits per heavy atom. The SMILES string of the molecule is O=C(Nc1cccc(-c2ccn[nH]2)c1)C1CCN(C[C@H]2CCOC2)CC1. The average Bonchev–Trinajstić information content (AvgIpc) is 3.37. The predicted molar refractivity (Wildman–Crippen MR) is 101 cm³/mol. The zero-order chi connectivity index (χ0) is 17.8. The maximum Gasteiger partial charge on any atom is 0.227 e. The van der Waals surface area contributed by atoms with Crippen LogP contribution in [0.25, 0.3) is 11.3 Å². The van der Waals surface area contributed by atoms with Crippen LogP contribution in [0.2, 0.25) is 0 Å². The van der Waals surface area contributed by atoms with Crippen LogP contribution in [0.5, 0.6) is 0 Å². The summed E-state index contributed by atoms with van der Waals surface area (Å²) in [5.74, 6) is 0.906. The van der Waals surface area contributed by atoms with Crippen LogP contribution in [0, 0.1) is 11.8 Å². The van der Waals surface area contributed by atoms with Crippen molar-refractivity contribution in [2.45, 2.75) is 19.3 Å². The monoisotopic (exact) mass is 354 g/mol. The number of carbonyl (C=O) groups excluding carboxylic acids is 1. The molecule has 0 radical (unpaired) electrons. The van der Waals surface area contributed by atoms with E-state index in [0.29, 0.717) is 5.92 Å². The van der Waals surface area contributed by atoms with Gasteiger partial charge in [-0.05, 0) is 56.5 Å². The second kappa shape index (κ2) is 8.01. The maximum atomic E-state index is 12.6. The lowest BCUT2D eigenvalue weighted by molar-refractivity contribution is -0.121. The van der Waals surface area contributed by atoms with Gasteiger partial charge in [0.25, 0.3) is 0 Å². The first-order chi connectivity index (χ1) is 12.8. The van der Waals surface area contributed by atoms with Gasteiger partial charge in [-0.3, -0.25) is 9.89 Å². The van der Waals surface area contributed by atoms with E-state index in [9.17, 15) is 4.79 Å². The van der Waals surface area contributed by atoms with Gasteiger partial charge in [0.05, 0.1) is 12.3 Å². The Kier molecular flexibility index (Phi) is 5.32. The summed E-state index contributed by atoms with van der Waals surface area (Å²) in [6.45, 7) is 4.92. The molecule has 1 aromatic heterocycles. The number of nitrogens with one attached hydrogen (secondary N) is 2. The van der Waals surface area contributed by atoms with Crippen molar-refractivity contribution >= 4 is 11.6 Å². The van der Waals surface area contributed by atoms with Crippen LogP contribution in [-0.4, -0.2) is 53.9 Å². The molecular weight excluding hydrogens is 328 g/mol. The molecule has 26 heavy (non-hydrogen) atoms. The molecule has 2 saturated heterocycles. The van der Waals surface area contributed by atoms with Crippen molar-refractivity contribution in [1.29, 1.82) is 0 Å². The molecule has 6 heteroatoms. The molecule has 0 aliphatic carbocycles. The van der Waals surface area contributed by atoms with Gasteiger partial charge in [-0.25, -0.2) is 0 Å². The number of hydrogen-bond donors (Lipinski definition) is 2.